The van der Waals surface area contributed by atoms with E-state index in [-0.39, 0.29) is 11.3 Å². The molecular formula is C21H26N2O2. The van der Waals surface area contributed by atoms with Gasteiger partial charge in [-0.05, 0) is 23.0 Å². The van der Waals surface area contributed by atoms with E-state index in [4.69, 9.17) is 4.42 Å². The van der Waals surface area contributed by atoms with Gasteiger partial charge in [0.15, 0.2) is 5.58 Å². The number of benzene rings is 1. The number of hydrogen-bond donors (Lipinski definition) is 1. The lowest BCUT2D eigenvalue weighted by Gasteiger charge is -2.19. The Morgan fingerprint density at radius 1 is 1.16 bits per heavy atom. The molecule has 0 bridgehead atoms. The summed E-state index contributed by atoms with van der Waals surface area (Å²) in [5.41, 5.74) is 4.93. The van der Waals surface area contributed by atoms with Gasteiger partial charge in [-0.1, -0.05) is 52.0 Å². The molecule has 3 aromatic rings. The summed E-state index contributed by atoms with van der Waals surface area (Å²) in [6.07, 6.45) is 2.58. The molecule has 1 N–H and O–H groups in total. The van der Waals surface area contributed by atoms with Gasteiger partial charge in [-0.25, -0.2) is 0 Å². The molecule has 0 radical (unpaired) electrons. The number of carbonyl (C=O) groups is 1. The van der Waals surface area contributed by atoms with E-state index in [0.717, 1.165) is 23.1 Å². The lowest BCUT2D eigenvalue weighted by atomic mass is 9.87. The lowest BCUT2D eigenvalue weighted by molar-refractivity contribution is 0.0945. The Morgan fingerprint density at radius 2 is 1.88 bits per heavy atom. The monoisotopic (exact) mass is 338 g/mol. The summed E-state index contributed by atoms with van der Waals surface area (Å²) < 4.78 is 7.52. The Hall–Kier alpha value is -2.49. The van der Waals surface area contributed by atoms with Crippen LogP contribution in [-0.2, 0) is 12.0 Å². The summed E-state index contributed by atoms with van der Waals surface area (Å²) in [4.78, 5) is 12.5. The molecule has 1 amide bonds. The van der Waals surface area contributed by atoms with E-state index in [0.29, 0.717) is 18.8 Å². The minimum Gasteiger partial charge on any atom is -0.463 e. The third kappa shape index (κ3) is 3.63. The summed E-state index contributed by atoms with van der Waals surface area (Å²) in [7, 11) is 0. The Kier molecular flexibility index (Phi) is 4.71. The minimum atomic E-state index is -0.0560. The van der Waals surface area contributed by atoms with Crippen LogP contribution in [0.5, 0.6) is 0 Å². The smallest absolute Gasteiger partial charge is 0.268 e. The van der Waals surface area contributed by atoms with Crippen LogP contribution in [0.25, 0.3) is 11.1 Å². The Labute approximate surface area is 148 Å². The molecule has 0 spiro atoms. The molecule has 0 aliphatic rings. The van der Waals surface area contributed by atoms with Gasteiger partial charge in [0.05, 0.1) is 11.8 Å². The van der Waals surface area contributed by atoms with Gasteiger partial charge in [0.25, 0.3) is 5.91 Å². The van der Waals surface area contributed by atoms with Gasteiger partial charge in [0, 0.05) is 25.2 Å². The second-order valence-corrected chi connectivity index (χ2v) is 7.49. The maximum atomic E-state index is 12.5. The average molecular weight is 338 g/mol. The fourth-order valence-electron chi connectivity index (χ4n) is 2.96. The van der Waals surface area contributed by atoms with Crippen molar-refractivity contribution in [3.63, 3.8) is 0 Å². The molecule has 4 heteroatoms. The third-order valence-electron chi connectivity index (χ3n) is 4.45. The van der Waals surface area contributed by atoms with Crippen LogP contribution < -0.4 is 5.32 Å². The molecule has 0 saturated carbocycles. The van der Waals surface area contributed by atoms with Gasteiger partial charge in [-0.3, -0.25) is 4.79 Å². The molecule has 2 aromatic heterocycles. The van der Waals surface area contributed by atoms with Gasteiger partial charge in [0.2, 0.25) is 0 Å². The first-order valence-electron chi connectivity index (χ1n) is 8.84. The van der Waals surface area contributed by atoms with Crippen molar-refractivity contribution < 1.29 is 9.21 Å². The van der Waals surface area contributed by atoms with E-state index in [1.807, 2.05) is 23.6 Å². The van der Waals surface area contributed by atoms with Crippen molar-refractivity contribution in [1.29, 1.82) is 0 Å². The van der Waals surface area contributed by atoms with Crippen LogP contribution in [0.2, 0.25) is 0 Å². The first-order valence-corrected chi connectivity index (χ1v) is 8.84. The first kappa shape index (κ1) is 17.3. The van der Waals surface area contributed by atoms with Gasteiger partial charge < -0.3 is 14.3 Å². The fourth-order valence-corrected chi connectivity index (χ4v) is 2.96. The number of amides is 1. The average Bonchev–Trinajstić information content (AvgIpc) is 3.15. The third-order valence-corrected chi connectivity index (χ3v) is 4.45. The SMILES string of the molecule is CCCNC(=O)c1cc2occc2n1Cc1ccc(C(C)(C)C)cc1. The number of furan rings is 1. The number of nitrogens with one attached hydrogen (secondary N) is 1. The molecule has 0 fully saturated rings. The molecule has 0 atom stereocenters. The zero-order chi connectivity index (χ0) is 18.0. The first-order chi connectivity index (χ1) is 11.9. The van der Waals surface area contributed by atoms with Gasteiger partial charge >= 0.3 is 0 Å². The number of hydrogen-bond acceptors (Lipinski definition) is 2. The highest BCUT2D eigenvalue weighted by Crippen LogP contribution is 2.25. The van der Waals surface area contributed by atoms with Crippen molar-refractivity contribution in [2.75, 3.05) is 6.54 Å². The van der Waals surface area contributed by atoms with E-state index in [2.05, 4.69) is 50.4 Å². The van der Waals surface area contributed by atoms with Gasteiger partial charge in [-0.2, -0.15) is 0 Å². The molecular weight excluding hydrogens is 312 g/mol. The molecule has 0 unspecified atom stereocenters. The normalized spacial score (nSPS) is 11.8. The highest BCUT2D eigenvalue weighted by molar-refractivity contribution is 5.97. The molecule has 132 valence electrons. The zero-order valence-electron chi connectivity index (χ0n) is 15.4. The summed E-state index contributed by atoms with van der Waals surface area (Å²) >= 11 is 0. The standard InChI is InChI=1S/C21H26N2O2/c1-5-11-22-20(24)18-13-19-17(10-12-25-19)23(18)14-15-6-8-16(9-7-15)21(2,3)4/h6-10,12-13H,5,11,14H2,1-4H3,(H,22,24). The Balaban J connectivity index is 1.92. The van der Waals surface area contributed by atoms with Crippen molar-refractivity contribution in [1.82, 2.24) is 9.88 Å². The second kappa shape index (κ2) is 6.79. The summed E-state index contributed by atoms with van der Waals surface area (Å²) in [5.74, 6) is -0.0560. The van der Waals surface area contributed by atoms with Crippen molar-refractivity contribution in [2.24, 2.45) is 0 Å². The largest absolute Gasteiger partial charge is 0.463 e. The van der Waals surface area contributed by atoms with Crippen LogP contribution in [0, 0.1) is 0 Å². The number of carbonyl (C=O) groups excluding carboxylic acids is 1. The second-order valence-electron chi connectivity index (χ2n) is 7.49. The van der Waals surface area contributed by atoms with Crippen LogP contribution in [0.3, 0.4) is 0 Å². The fraction of sp³-hybridized carbons (Fsp3) is 0.381. The van der Waals surface area contributed by atoms with E-state index in [1.165, 1.54) is 5.56 Å². The van der Waals surface area contributed by atoms with Gasteiger partial charge in [-0.15, -0.1) is 0 Å². The quantitative estimate of drug-likeness (QED) is 0.732. The molecule has 0 aliphatic heterocycles. The summed E-state index contributed by atoms with van der Waals surface area (Å²) in [6.45, 7) is 9.98. The number of aromatic nitrogens is 1. The van der Waals surface area contributed by atoms with Crippen LogP contribution >= 0.6 is 0 Å². The minimum absolute atomic E-state index is 0.0560. The summed E-state index contributed by atoms with van der Waals surface area (Å²) in [5, 5.41) is 2.95. The predicted molar refractivity (Wildman–Crippen MR) is 101 cm³/mol. The van der Waals surface area contributed by atoms with Crippen LogP contribution in [0.15, 0.2) is 47.1 Å². The highest BCUT2D eigenvalue weighted by atomic mass is 16.3. The predicted octanol–water partition coefficient (Wildman–Crippen LogP) is 4.72. The van der Waals surface area contributed by atoms with Crippen LogP contribution in [-0.4, -0.2) is 17.0 Å². The number of fused-ring (bicyclic) bond motifs is 1. The molecule has 3 rings (SSSR count). The Morgan fingerprint density at radius 3 is 2.52 bits per heavy atom. The van der Waals surface area contributed by atoms with E-state index < -0.39 is 0 Å². The molecule has 1 aromatic carbocycles. The van der Waals surface area contributed by atoms with Crippen molar-refractivity contribution in [2.45, 2.75) is 46.1 Å². The lowest BCUT2D eigenvalue weighted by Crippen LogP contribution is -2.26. The maximum Gasteiger partial charge on any atom is 0.268 e. The van der Waals surface area contributed by atoms with E-state index >= 15 is 0 Å². The van der Waals surface area contributed by atoms with Gasteiger partial charge in [0.1, 0.15) is 5.69 Å². The molecule has 4 nitrogen and oxygen atoms in total. The highest BCUT2D eigenvalue weighted by Gasteiger charge is 2.18. The van der Waals surface area contributed by atoms with E-state index in [1.54, 1.807) is 6.26 Å². The molecule has 0 aliphatic carbocycles. The topological polar surface area (TPSA) is 47.2 Å². The van der Waals surface area contributed by atoms with Crippen molar-refractivity contribution in [3.05, 3.63) is 59.5 Å². The molecule has 2 heterocycles. The summed E-state index contributed by atoms with van der Waals surface area (Å²) in [6, 6.07) is 12.4. The maximum absolute atomic E-state index is 12.5. The Bertz CT molecular complexity index is 864. The van der Waals surface area contributed by atoms with Crippen LogP contribution in [0.4, 0.5) is 0 Å². The zero-order valence-corrected chi connectivity index (χ0v) is 15.4. The molecule has 0 saturated heterocycles. The van der Waals surface area contributed by atoms with Crippen molar-refractivity contribution in [3.8, 4) is 0 Å². The molecule has 25 heavy (non-hydrogen) atoms. The van der Waals surface area contributed by atoms with E-state index in [9.17, 15) is 4.79 Å². The van der Waals surface area contributed by atoms with Crippen LogP contribution in [0.1, 0.15) is 55.7 Å². The number of rotatable bonds is 5. The number of nitrogens with zero attached hydrogens (tertiary/aromatic N) is 1. The van der Waals surface area contributed by atoms with Crippen molar-refractivity contribution >= 4 is 17.0 Å².